The van der Waals surface area contributed by atoms with Crippen LogP contribution in [0.4, 0.5) is 27.6 Å². The molecule has 2 aromatic rings. The van der Waals surface area contributed by atoms with Crippen molar-refractivity contribution in [1.82, 2.24) is 0 Å². The molecule has 0 atom stereocenters. The lowest BCUT2D eigenvalue weighted by Gasteiger charge is -2.20. The highest BCUT2D eigenvalue weighted by molar-refractivity contribution is 5.92. The fourth-order valence-electron chi connectivity index (χ4n) is 1.80. The molecule has 4 nitrogen and oxygen atoms in total. The normalized spacial score (nSPS) is 11.3. The Kier molecular flexibility index (Phi) is 4.13. The minimum absolute atomic E-state index is 0.336. The maximum absolute atomic E-state index is 14.0. The van der Waals surface area contributed by atoms with E-state index in [2.05, 4.69) is 0 Å². The van der Waals surface area contributed by atoms with E-state index in [1.54, 1.807) is 0 Å². The van der Waals surface area contributed by atoms with Crippen molar-refractivity contribution in [3.63, 3.8) is 0 Å². The van der Waals surface area contributed by atoms with Crippen LogP contribution >= 0.6 is 0 Å². The maximum Gasteiger partial charge on any atom is 0.353 e. The van der Waals surface area contributed by atoms with Gasteiger partial charge in [-0.2, -0.15) is 8.78 Å². The van der Waals surface area contributed by atoms with Gasteiger partial charge in [-0.25, -0.2) is 18.0 Å². The van der Waals surface area contributed by atoms with Crippen molar-refractivity contribution >= 4 is 11.7 Å². The van der Waals surface area contributed by atoms with Crippen molar-refractivity contribution < 1.29 is 37.0 Å². The average Bonchev–Trinajstić information content (AvgIpc) is 2.46. The summed E-state index contributed by atoms with van der Waals surface area (Å²) < 4.78 is 67.3. The molecule has 0 bridgehead atoms. The summed E-state index contributed by atoms with van der Waals surface area (Å²) in [4.78, 5) is 10.8. The minimum Gasteiger partial charge on any atom is -0.507 e. The molecule has 23 heavy (non-hydrogen) atoms. The van der Waals surface area contributed by atoms with Crippen LogP contribution in [-0.2, 0) is 6.05 Å². The Labute approximate surface area is 125 Å². The molecule has 0 amide bonds. The molecule has 3 N–H and O–H groups in total. The molecule has 0 aliphatic rings. The van der Waals surface area contributed by atoms with E-state index in [0.29, 0.717) is 18.2 Å². The first-order valence-corrected chi connectivity index (χ1v) is 5.99. The Morgan fingerprint density at radius 3 is 2.30 bits per heavy atom. The Hall–Kier alpha value is -2.84. The molecule has 0 saturated heterocycles. The number of carboxylic acids is 1. The van der Waals surface area contributed by atoms with E-state index < -0.39 is 52.0 Å². The number of rotatable bonds is 4. The van der Waals surface area contributed by atoms with Gasteiger partial charge in [0.15, 0.2) is 17.5 Å². The second-order valence-electron chi connectivity index (χ2n) is 4.46. The third-order valence-corrected chi connectivity index (χ3v) is 2.90. The van der Waals surface area contributed by atoms with Crippen LogP contribution in [0.5, 0.6) is 5.75 Å². The first-order chi connectivity index (χ1) is 10.6. The third kappa shape index (κ3) is 3.17. The maximum atomic E-state index is 14.0. The number of aromatic hydroxyl groups is 1. The molecular formula is C14H8F5NO3. The smallest absolute Gasteiger partial charge is 0.353 e. The van der Waals surface area contributed by atoms with Crippen molar-refractivity contribution in [3.8, 4) is 5.75 Å². The zero-order valence-electron chi connectivity index (χ0n) is 11.1. The van der Waals surface area contributed by atoms with Gasteiger partial charge in [0.25, 0.3) is 0 Å². The number of alkyl halides is 2. The molecule has 0 spiro atoms. The first kappa shape index (κ1) is 16.5. The van der Waals surface area contributed by atoms with E-state index in [0.717, 1.165) is 12.1 Å². The molecule has 2 aromatic carbocycles. The van der Waals surface area contributed by atoms with E-state index in [1.807, 2.05) is 0 Å². The van der Waals surface area contributed by atoms with Crippen LogP contribution in [0.2, 0.25) is 0 Å². The molecule has 0 heterocycles. The summed E-state index contributed by atoms with van der Waals surface area (Å²) in [6, 6.07) is -1.03. The van der Waals surface area contributed by atoms with E-state index in [-0.39, 0.29) is 0 Å². The molecular weight excluding hydrogens is 325 g/mol. The van der Waals surface area contributed by atoms with Gasteiger partial charge in [-0.15, -0.1) is 0 Å². The van der Waals surface area contributed by atoms with Crippen LogP contribution in [0, 0.1) is 17.5 Å². The van der Waals surface area contributed by atoms with Gasteiger partial charge >= 0.3 is 12.0 Å². The van der Waals surface area contributed by atoms with Gasteiger partial charge in [-0.05, 0) is 30.3 Å². The third-order valence-electron chi connectivity index (χ3n) is 2.90. The van der Waals surface area contributed by atoms with Crippen molar-refractivity contribution in [1.29, 1.82) is 0 Å². The molecule has 0 aliphatic carbocycles. The van der Waals surface area contributed by atoms with Gasteiger partial charge < -0.3 is 15.5 Å². The molecule has 2 rings (SSSR count). The highest BCUT2D eigenvalue weighted by Gasteiger charge is 2.36. The van der Waals surface area contributed by atoms with E-state index in [4.69, 9.17) is 5.11 Å². The summed E-state index contributed by atoms with van der Waals surface area (Å²) in [5.41, 5.74) is -2.60. The zero-order valence-corrected chi connectivity index (χ0v) is 11.1. The SMILES string of the molecule is O=C(O)c1cc(NC(F)(F)c2ccc(F)c(F)c2F)ccc1O. The summed E-state index contributed by atoms with van der Waals surface area (Å²) >= 11 is 0. The quantitative estimate of drug-likeness (QED) is 0.346. The Morgan fingerprint density at radius 2 is 1.70 bits per heavy atom. The van der Waals surface area contributed by atoms with Crippen LogP contribution in [0.3, 0.4) is 0 Å². The van der Waals surface area contributed by atoms with Gasteiger partial charge in [-0.1, -0.05) is 0 Å². The number of phenols is 1. The number of hydrogen-bond acceptors (Lipinski definition) is 3. The van der Waals surface area contributed by atoms with Crippen molar-refractivity contribution in [2.75, 3.05) is 5.32 Å². The Bertz CT molecular complexity index is 779. The topological polar surface area (TPSA) is 69.6 Å². The number of halogens is 5. The highest BCUT2D eigenvalue weighted by atomic mass is 19.3. The predicted octanol–water partition coefficient (Wildman–Crippen LogP) is 3.67. The van der Waals surface area contributed by atoms with E-state index in [9.17, 15) is 31.9 Å². The average molecular weight is 333 g/mol. The predicted molar refractivity (Wildman–Crippen MR) is 68.9 cm³/mol. The van der Waals surface area contributed by atoms with Crippen LogP contribution in [0.15, 0.2) is 30.3 Å². The summed E-state index contributed by atoms with van der Waals surface area (Å²) in [6.07, 6.45) is 0. The number of aromatic carboxylic acids is 1. The van der Waals surface area contributed by atoms with Crippen LogP contribution in [0.25, 0.3) is 0 Å². The number of carboxylic acid groups (broad SMARTS) is 1. The summed E-state index contributed by atoms with van der Waals surface area (Å²) in [6.45, 7) is 0. The highest BCUT2D eigenvalue weighted by Crippen LogP contribution is 2.34. The minimum atomic E-state index is -4.16. The van der Waals surface area contributed by atoms with Gasteiger partial charge in [-0.3, -0.25) is 0 Å². The van der Waals surface area contributed by atoms with Crippen LogP contribution in [-0.4, -0.2) is 16.2 Å². The number of hydrogen-bond donors (Lipinski definition) is 3. The standard InChI is InChI=1S/C14H8F5NO3/c15-9-3-2-8(11(16)12(9)17)14(18,19)20-6-1-4-10(21)7(5-6)13(22)23/h1-5,20-21H,(H,22,23). The number of nitrogens with one attached hydrogen (secondary N) is 1. The largest absolute Gasteiger partial charge is 0.507 e. The van der Waals surface area contributed by atoms with Gasteiger partial charge in [0.05, 0.1) is 5.56 Å². The lowest BCUT2D eigenvalue weighted by molar-refractivity contribution is 0.0236. The summed E-state index contributed by atoms with van der Waals surface area (Å²) in [5.74, 6) is -7.99. The second kappa shape index (κ2) is 5.75. The van der Waals surface area contributed by atoms with Crippen LogP contribution < -0.4 is 5.32 Å². The first-order valence-electron chi connectivity index (χ1n) is 5.99. The van der Waals surface area contributed by atoms with Crippen molar-refractivity contribution in [2.24, 2.45) is 0 Å². The molecule has 0 fully saturated rings. The zero-order chi connectivity index (χ0) is 17.4. The van der Waals surface area contributed by atoms with Gasteiger partial charge in [0, 0.05) is 5.69 Å². The molecule has 0 radical (unpaired) electrons. The van der Waals surface area contributed by atoms with Crippen molar-refractivity contribution in [3.05, 3.63) is 58.9 Å². The lowest BCUT2D eigenvalue weighted by atomic mass is 10.1. The molecule has 0 unspecified atom stereocenters. The lowest BCUT2D eigenvalue weighted by Crippen LogP contribution is -2.27. The molecule has 0 aliphatic heterocycles. The molecule has 0 saturated carbocycles. The number of carbonyl (C=O) groups is 1. The molecule has 9 heteroatoms. The van der Waals surface area contributed by atoms with Crippen LogP contribution in [0.1, 0.15) is 15.9 Å². The Balaban J connectivity index is 2.41. The monoisotopic (exact) mass is 333 g/mol. The van der Waals surface area contributed by atoms with Gasteiger partial charge in [0.2, 0.25) is 0 Å². The number of anilines is 1. The van der Waals surface area contributed by atoms with Crippen molar-refractivity contribution in [2.45, 2.75) is 6.05 Å². The van der Waals surface area contributed by atoms with E-state index >= 15 is 0 Å². The molecule has 0 aromatic heterocycles. The molecule has 122 valence electrons. The fourth-order valence-corrected chi connectivity index (χ4v) is 1.80. The summed E-state index contributed by atoms with van der Waals surface area (Å²) in [5, 5.41) is 19.6. The number of benzene rings is 2. The van der Waals surface area contributed by atoms with Gasteiger partial charge in [0.1, 0.15) is 11.3 Å². The van der Waals surface area contributed by atoms with E-state index in [1.165, 1.54) is 5.32 Å². The Morgan fingerprint density at radius 1 is 1.04 bits per heavy atom. The summed E-state index contributed by atoms with van der Waals surface area (Å²) in [7, 11) is 0. The fraction of sp³-hybridized carbons (Fsp3) is 0.0714. The second-order valence-corrected chi connectivity index (χ2v) is 4.46.